The van der Waals surface area contributed by atoms with Gasteiger partial charge in [0.25, 0.3) is 5.91 Å². The highest BCUT2D eigenvalue weighted by molar-refractivity contribution is 7.22. The number of benzene rings is 3. The number of carbonyl (C=O) groups is 1. The molecule has 2 heterocycles. The van der Waals surface area contributed by atoms with Crippen LogP contribution in [0.2, 0.25) is 0 Å². The summed E-state index contributed by atoms with van der Waals surface area (Å²) in [6, 6.07) is 21.9. The van der Waals surface area contributed by atoms with Crippen LogP contribution in [0.15, 0.2) is 72.8 Å². The number of nitrogens with zero attached hydrogens (tertiary/aromatic N) is 5. The monoisotopic (exact) mass is 417 g/mol. The smallest absolute Gasteiger partial charge is 0.250 e. The van der Waals surface area contributed by atoms with Crippen LogP contribution in [0, 0.1) is 5.82 Å². The number of hydrogen-bond donors (Lipinski definition) is 0. The molecule has 0 radical (unpaired) electrons. The van der Waals surface area contributed by atoms with E-state index in [-0.39, 0.29) is 18.0 Å². The SMILES string of the molecule is O=C(Cn1nnc2ccccc21)N(Cc1ccccc1)c1nc2c(F)cccc2s1. The third-order valence-electron chi connectivity index (χ3n) is 4.78. The molecule has 5 aromatic rings. The van der Waals surface area contributed by atoms with E-state index in [1.54, 1.807) is 21.7 Å². The van der Waals surface area contributed by atoms with Crippen LogP contribution in [0.25, 0.3) is 21.3 Å². The summed E-state index contributed by atoms with van der Waals surface area (Å²) in [6.45, 7) is 0.333. The molecule has 0 N–H and O–H groups in total. The summed E-state index contributed by atoms with van der Waals surface area (Å²) < 4.78 is 16.5. The molecule has 148 valence electrons. The molecule has 0 bridgehead atoms. The van der Waals surface area contributed by atoms with Crippen molar-refractivity contribution in [2.24, 2.45) is 0 Å². The number of carbonyl (C=O) groups excluding carboxylic acids is 1. The third kappa shape index (κ3) is 3.42. The number of amides is 1. The van der Waals surface area contributed by atoms with Gasteiger partial charge < -0.3 is 0 Å². The lowest BCUT2D eigenvalue weighted by Crippen LogP contribution is -2.33. The van der Waals surface area contributed by atoms with Crippen LogP contribution >= 0.6 is 11.3 Å². The Kier molecular flexibility index (Phi) is 4.68. The molecule has 0 fully saturated rings. The van der Waals surface area contributed by atoms with Crippen LogP contribution in [0.3, 0.4) is 0 Å². The van der Waals surface area contributed by atoms with E-state index in [4.69, 9.17) is 0 Å². The van der Waals surface area contributed by atoms with Crippen molar-refractivity contribution in [2.45, 2.75) is 13.1 Å². The van der Waals surface area contributed by atoms with Crippen molar-refractivity contribution in [3.63, 3.8) is 0 Å². The largest absolute Gasteiger partial charge is 0.282 e. The van der Waals surface area contributed by atoms with Crippen molar-refractivity contribution in [2.75, 3.05) is 4.90 Å². The number of rotatable bonds is 5. The normalized spacial score (nSPS) is 11.2. The molecule has 8 heteroatoms. The van der Waals surface area contributed by atoms with Crippen molar-refractivity contribution in [3.05, 3.63) is 84.2 Å². The number of thiazole rings is 1. The maximum Gasteiger partial charge on any atom is 0.250 e. The van der Waals surface area contributed by atoms with Crippen LogP contribution in [0.5, 0.6) is 0 Å². The van der Waals surface area contributed by atoms with Gasteiger partial charge in [0, 0.05) is 0 Å². The minimum absolute atomic E-state index is 0.00571. The van der Waals surface area contributed by atoms with Crippen LogP contribution in [0.4, 0.5) is 9.52 Å². The second-order valence-electron chi connectivity index (χ2n) is 6.78. The zero-order chi connectivity index (χ0) is 20.5. The lowest BCUT2D eigenvalue weighted by atomic mass is 10.2. The molecule has 0 unspecified atom stereocenters. The Balaban J connectivity index is 1.52. The number of fused-ring (bicyclic) bond motifs is 2. The number of para-hydroxylation sites is 2. The molecule has 5 rings (SSSR count). The fourth-order valence-corrected chi connectivity index (χ4v) is 4.29. The molecule has 3 aromatic carbocycles. The van der Waals surface area contributed by atoms with Gasteiger partial charge >= 0.3 is 0 Å². The zero-order valence-electron chi connectivity index (χ0n) is 15.8. The van der Waals surface area contributed by atoms with Gasteiger partial charge in [-0.15, -0.1) is 5.10 Å². The average molecular weight is 417 g/mol. The van der Waals surface area contributed by atoms with Crippen molar-refractivity contribution in [3.8, 4) is 0 Å². The summed E-state index contributed by atoms with van der Waals surface area (Å²) in [7, 11) is 0. The van der Waals surface area contributed by atoms with Gasteiger partial charge in [0.1, 0.15) is 23.4 Å². The summed E-state index contributed by atoms with van der Waals surface area (Å²) in [4.78, 5) is 19.3. The number of aromatic nitrogens is 4. The number of anilines is 1. The minimum Gasteiger partial charge on any atom is -0.282 e. The molecule has 0 atom stereocenters. The molecule has 0 saturated heterocycles. The molecule has 30 heavy (non-hydrogen) atoms. The van der Waals surface area contributed by atoms with Crippen molar-refractivity contribution in [1.82, 2.24) is 20.0 Å². The first-order valence-corrected chi connectivity index (χ1v) is 10.2. The second-order valence-corrected chi connectivity index (χ2v) is 7.79. The second kappa shape index (κ2) is 7.64. The molecule has 0 aliphatic carbocycles. The van der Waals surface area contributed by atoms with Crippen LogP contribution in [-0.4, -0.2) is 25.9 Å². The first-order valence-electron chi connectivity index (χ1n) is 9.36. The Morgan fingerprint density at radius 2 is 1.80 bits per heavy atom. The standard InChI is InChI=1S/C22H16FN5OS/c23-16-9-6-12-19-21(16)24-22(30-19)27(13-15-7-2-1-3-8-15)20(29)14-28-18-11-5-4-10-17(18)25-26-28/h1-12H,13-14H2. The molecule has 0 aliphatic heterocycles. The van der Waals surface area contributed by atoms with Crippen LogP contribution < -0.4 is 4.90 Å². The highest BCUT2D eigenvalue weighted by Crippen LogP contribution is 2.31. The molecule has 0 saturated carbocycles. The Hall–Kier alpha value is -3.65. The summed E-state index contributed by atoms with van der Waals surface area (Å²) in [5.41, 5.74) is 2.73. The number of halogens is 1. The molecule has 6 nitrogen and oxygen atoms in total. The predicted octanol–water partition coefficient (Wildman–Crippen LogP) is 4.41. The first-order chi connectivity index (χ1) is 14.7. The van der Waals surface area contributed by atoms with Crippen LogP contribution in [0.1, 0.15) is 5.56 Å². The average Bonchev–Trinajstić information content (AvgIpc) is 3.38. The minimum atomic E-state index is -0.399. The van der Waals surface area contributed by atoms with Gasteiger partial charge in [-0.25, -0.2) is 14.1 Å². The van der Waals surface area contributed by atoms with Gasteiger partial charge in [0.05, 0.1) is 16.8 Å². The maximum atomic E-state index is 14.2. The fraction of sp³-hybridized carbons (Fsp3) is 0.0909. The summed E-state index contributed by atoms with van der Waals surface area (Å²) in [5, 5.41) is 8.68. The molecule has 0 aliphatic rings. The van der Waals surface area contributed by atoms with Gasteiger partial charge in [0.15, 0.2) is 5.13 Å². The molecule has 0 spiro atoms. The Morgan fingerprint density at radius 3 is 2.63 bits per heavy atom. The van der Waals surface area contributed by atoms with Gasteiger partial charge in [-0.1, -0.05) is 65.1 Å². The van der Waals surface area contributed by atoms with Gasteiger partial charge in [-0.2, -0.15) is 0 Å². The van der Waals surface area contributed by atoms with E-state index in [1.807, 2.05) is 54.6 Å². The third-order valence-corrected chi connectivity index (χ3v) is 5.82. The van der Waals surface area contributed by atoms with E-state index in [2.05, 4.69) is 15.3 Å². The lowest BCUT2D eigenvalue weighted by Gasteiger charge is -2.20. The van der Waals surface area contributed by atoms with Crippen LogP contribution in [-0.2, 0) is 17.9 Å². The molecule has 2 aromatic heterocycles. The lowest BCUT2D eigenvalue weighted by molar-refractivity contribution is -0.119. The van der Waals surface area contributed by atoms with Crippen molar-refractivity contribution < 1.29 is 9.18 Å². The van der Waals surface area contributed by atoms with Gasteiger partial charge in [-0.3, -0.25) is 9.69 Å². The van der Waals surface area contributed by atoms with Crippen molar-refractivity contribution >= 4 is 43.6 Å². The summed E-state index contributed by atoms with van der Waals surface area (Å²) >= 11 is 1.29. The maximum absolute atomic E-state index is 14.2. The highest BCUT2D eigenvalue weighted by atomic mass is 32.1. The van der Waals surface area contributed by atoms with E-state index in [0.29, 0.717) is 16.4 Å². The Bertz CT molecular complexity index is 1350. The van der Waals surface area contributed by atoms with E-state index in [0.717, 1.165) is 16.6 Å². The molecular weight excluding hydrogens is 401 g/mol. The van der Waals surface area contributed by atoms with Crippen molar-refractivity contribution in [1.29, 1.82) is 0 Å². The van der Waals surface area contributed by atoms with E-state index in [1.165, 1.54) is 17.4 Å². The molecule has 1 amide bonds. The fourth-order valence-electron chi connectivity index (χ4n) is 3.29. The van der Waals surface area contributed by atoms with Gasteiger partial charge in [-0.05, 0) is 29.8 Å². The topological polar surface area (TPSA) is 63.9 Å². The highest BCUT2D eigenvalue weighted by Gasteiger charge is 2.22. The first kappa shape index (κ1) is 18.4. The van der Waals surface area contributed by atoms with E-state index in [9.17, 15) is 9.18 Å². The molecular formula is C22H16FN5OS. The van der Waals surface area contributed by atoms with E-state index >= 15 is 0 Å². The Labute approximate surface area is 175 Å². The predicted molar refractivity (Wildman–Crippen MR) is 115 cm³/mol. The summed E-state index contributed by atoms with van der Waals surface area (Å²) in [5.74, 6) is -0.599. The summed E-state index contributed by atoms with van der Waals surface area (Å²) in [6.07, 6.45) is 0. The quantitative estimate of drug-likeness (QED) is 0.425. The Morgan fingerprint density at radius 1 is 1.00 bits per heavy atom. The van der Waals surface area contributed by atoms with Gasteiger partial charge in [0.2, 0.25) is 0 Å². The number of hydrogen-bond acceptors (Lipinski definition) is 5. The zero-order valence-corrected chi connectivity index (χ0v) is 16.6. The van der Waals surface area contributed by atoms with E-state index < -0.39 is 5.82 Å².